The molecule has 0 fully saturated rings. The topological polar surface area (TPSA) is 41.1 Å². The fourth-order valence-corrected chi connectivity index (χ4v) is 2.19. The summed E-state index contributed by atoms with van der Waals surface area (Å²) < 4.78 is 13.6. The Hall–Kier alpha value is -2.36. The number of benzene rings is 2. The van der Waals surface area contributed by atoms with Crippen LogP contribution in [0.4, 0.5) is 15.8 Å². The lowest BCUT2D eigenvalue weighted by Gasteiger charge is -2.20. The first kappa shape index (κ1) is 17.0. The number of halogens is 1. The number of carbonyl (C=O) groups is 1. The van der Waals surface area contributed by atoms with Crippen molar-refractivity contribution in [2.45, 2.75) is 39.2 Å². The second-order valence-corrected chi connectivity index (χ2v) is 6.66. The van der Waals surface area contributed by atoms with E-state index < -0.39 is 11.9 Å². The van der Waals surface area contributed by atoms with Gasteiger partial charge < -0.3 is 10.6 Å². The molecule has 0 saturated carbocycles. The molecule has 1 atom stereocenters. The van der Waals surface area contributed by atoms with Crippen LogP contribution in [0.2, 0.25) is 0 Å². The lowest BCUT2D eigenvalue weighted by Crippen LogP contribution is -2.32. The molecule has 1 amide bonds. The molecule has 2 rings (SSSR count). The van der Waals surface area contributed by atoms with Gasteiger partial charge in [-0.05, 0) is 42.2 Å². The molecule has 0 saturated heterocycles. The summed E-state index contributed by atoms with van der Waals surface area (Å²) in [4.78, 5) is 12.2. The molecule has 0 aliphatic heterocycles. The molecule has 2 aromatic rings. The Bertz CT molecular complexity index is 675. The van der Waals surface area contributed by atoms with Crippen LogP contribution < -0.4 is 10.6 Å². The van der Waals surface area contributed by atoms with Gasteiger partial charge in [0.15, 0.2) is 0 Å². The molecule has 3 nitrogen and oxygen atoms in total. The molecular weight excluding hydrogens is 291 g/mol. The van der Waals surface area contributed by atoms with Crippen LogP contribution in [0, 0.1) is 5.82 Å². The molecule has 0 aliphatic rings. The van der Waals surface area contributed by atoms with Gasteiger partial charge in [0.2, 0.25) is 5.91 Å². The minimum absolute atomic E-state index is 0.0896. The van der Waals surface area contributed by atoms with Crippen LogP contribution in [0.25, 0.3) is 0 Å². The van der Waals surface area contributed by atoms with E-state index in [1.165, 1.54) is 17.7 Å². The number of hydrogen-bond donors (Lipinski definition) is 2. The van der Waals surface area contributed by atoms with Gasteiger partial charge in [0.25, 0.3) is 0 Å². The first-order valence-electron chi connectivity index (χ1n) is 7.70. The number of anilines is 2. The zero-order valence-corrected chi connectivity index (χ0v) is 14.0. The third-order valence-corrected chi connectivity index (χ3v) is 3.66. The SMILES string of the molecule is CC(Nc1ccc(C(C)(C)C)cc1)C(=O)Nc1ccccc1F. The molecule has 0 heterocycles. The van der Waals surface area contributed by atoms with Gasteiger partial charge in [0.1, 0.15) is 11.9 Å². The summed E-state index contributed by atoms with van der Waals surface area (Å²) in [6.45, 7) is 8.20. The Morgan fingerprint density at radius 2 is 1.65 bits per heavy atom. The van der Waals surface area contributed by atoms with Gasteiger partial charge in [-0.25, -0.2) is 4.39 Å². The van der Waals surface area contributed by atoms with E-state index in [-0.39, 0.29) is 17.0 Å². The van der Waals surface area contributed by atoms with E-state index in [2.05, 4.69) is 31.4 Å². The Balaban J connectivity index is 2.00. The second kappa shape index (κ2) is 6.82. The molecule has 122 valence electrons. The van der Waals surface area contributed by atoms with Crippen LogP contribution in [0.3, 0.4) is 0 Å². The quantitative estimate of drug-likeness (QED) is 0.868. The van der Waals surface area contributed by atoms with Crippen molar-refractivity contribution in [2.75, 3.05) is 10.6 Å². The molecule has 0 spiro atoms. The lowest BCUT2D eigenvalue weighted by atomic mass is 9.87. The second-order valence-electron chi connectivity index (χ2n) is 6.66. The number of carbonyl (C=O) groups excluding carboxylic acids is 1. The minimum atomic E-state index is -0.477. The number of nitrogens with one attached hydrogen (secondary N) is 2. The molecule has 0 aromatic heterocycles. The molecule has 1 unspecified atom stereocenters. The van der Waals surface area contributed by atoms with E-state index in [4.69, 9.17) is 0 Å². The number of para-hydroxylation sites is 1. The zero-order valence-electron chi connectivity index (χ0n) is 14.0. The van der Waals surface area contributed by atoms with E-state index in [0.29, 0.717) is 0 Å². The van der Waals surface area contributed by atoms with Crippen molar-refractivity contribution in [2.24, 2.45) is 0 Å². The predicted octanol–water partition coefficient (Wildman–Crippen LogP) is 4.56. The van der Waals surface area contributed by atoms with Crippen molar-refractivity contribution in [3.8, 4) is 0 Å². The summed E-state index contributed by atoms with van der Waals surface area (Å²) in [7, 11) is 0. The Morgan fingerprint density at radius 3 is 2.22 bits per heavy atom. The molecule has 0 aliphatic carbocycles. The first-order valence-corrected chi connectivity index (χ1v) is 7.70. The molecule has 2 aromatic carbocycles. The van der Waals surface area contributed by atoms with Crippen molar-refractivity contribution < 1.29 is 9.18 Å². The molecule has 2 N–H and O–H groups in total. The third-order valence-electron chi connectivity index (χ3n) is 3.66. The van der Waals surface area contributed by atoms with Gasteiger partial charge in [-0.15, -0.1) is 0 Å². The van der Waals surface area contributed by atoms with Gasteiger partial charge in [-0.2, -0.15) is 0 Å². The number of rotatable bonds is 4. The van der Waals surface area contributed by atoms with E-state index in [1.807, 2.05) is 24.3 Å². The van der Waals surface area contributed by atoms with Crippen LogP contribution in [0.1, 0.15) is 33.3 Å². The summed E-state index contributed by atoms with van der Waals surface area (Å²) in [5, 5.41) is 5.71. The largest absolute Gasteiger partial charge is 0.374 e. The van der Waals surface area contributed by atoms with Crippen LogP contribution in [-0.4, -0.2) is 11.9 Å². The van der Waals surface area contributed by atoms with Crippen molar-refractivity contribution in [3.63, 3.8) is 0 Å². The fraction of sp³-hybridized carbons (Fsp3) is 0.316. The standard InChI is InChI=1S/C19H23FN2O/c1-13(18(23)22-17-8-6-5-7-16(17)20)21-15-11-9-14(10-12-15)19(2,3)4/h5-13,21H,1-4H3,(H,22,23). The minimum Gasteiger partial charge on any atom is -0.374 e. The van der Waals surface area contributed by atoms with Gasteiger partial charge in [0, 0.05) is 5.69 Å². The zero-order chi connectivity index (χ0) is 17.0. The van der Waals surface area contributed by atoms with Crippen molar-refractivity contribution in [1.29, 1.82) is 0 Å². The fourth-order valence-electron chi connectivity index (χ4n) is 2.19. The maximum Gasteiger partial charge on any atom is 0.246 e. The predicted molar refractivity (Wildman–Crippen MR) is 93.3 cm³/mol. The van der Waals surface area contributed by atoms with Crippen molar-refractivity contribution in [1.82, 2.24) is 0 Å². The van der Waals surface area contributed by atoms with Gasteiger partial charge in [0.05, 0.1) is 5.69 Å². The Labute approximate surface area is 136 Å². The highest BCUT2D eigenvalue weighted by atomic mass is 19.1. The van der Waals surface area contributed by atoms with Gasteiger partial charge in [-0.3, -0.25) is 4.79 Å². The van der Waals surface area contributed by atoms with Crippen molar-refractivity contribution >= 4 is 17.3 Å². The third kappa shape index (κ3) is 4.55. The summed E-state index contributed by atoms with van der Waals surface area (Å²) >= 11 is 0. The molecule has 23 heavy (non-hydrogen) atoms. The highest BCUT2D eigenvalue weighted by Crippen LogP contribution is 2.23. The molecular formula is C19H23FN2O. The van der Waals surface area contributed by atoms with Gasteiger partial charge in [-0.1, -0.05) is 45.0 Å². The highest BCUT2D eigenvalue weighted by molar-refractivity contribution is 5.96. The van der Waals surface area contributed by atoms with E-state index >= 15 is 0 Å². The van der Waals surface area contributed by atoms with E-state index in [1.54, 1.807) is 19.1 Å². The Morgan fingerprint density at radius 1 is 1.04 bits per heavy atom. The first-order chi connectivity index (χ1) is 10.8. The molecule has 0 radical (unpaired) electrons. The highest BCUT2D eigenvalue weighted by Gasteiger charge is 2.16. The van der Waals surface area contributed by atoms with Gasteiger partial charge >= 0.3 is 0 Å². The maximum atomic E-state index is 13.6. The average Bonchev–Trinajstić information content (AvgIpc) is 2.49. The average molecular weight is 314 g/mol. The van der Waals surface area contributed by atoms with E-state index in [0.717, 1.165) is 5.69 Å². The van der Waals surface area contributed by atoms with Crippen molar-refractivity contribution in [3.05, 3.63) is 59.9 Å². The lowest BCUT2D eigenvalue weighted by molar-refractivity contribution is -0.116. The smallest absolute Gasteiger partial charge is 0.246 e. The summed E-state index contributed by atoms with van der Waals surface area (Å²) in [5.41, 5.74) is 2.36. The summed E-state index contributed by atoms with van der Waals surface area (Å²) in [6.07, 6.45) is 0. The molecule has 4 heteroatoms. The normalized spacial score (nSPS) is 12.6. The maximum absolute atomic E-state index is 13.6. The van der Waals surface area contributed by atoms with Crippen LogP contribution in [0.5, 0.6) is 0 Å². The summed E-state index contributed by atoms with van der Waals surface area (Å²) in [5.74, 6) is -0.724. The summed E-state index contributed by atoms with van der Waals surface area (Å²) in [6, 6.07) is 13.6. The van der Waals surface area contributed by atoms with Crippen LogP contribution >= 0.6 is 0 Å². The Kier molecular flexibility index (Phi) is 5.04. The number of hydrogen-bond acceptors (Lipinski definition) is 2. The van der Waals surface area contributed by atoms with E-state index in [9.17, 15) is 9.18 Å². The molecule has 0 bridgehead atoms. The van der Waals surface area contributed by atoms with Crippen LogP contribution in [-0.2, 0) is 10.2 Å². The van der Waals surface area contributed by atoms with Crippen LogP contribution in [0.15, 0.2) is 48.5 Å². The number of amides is 1. The monoisotopic (exact) mass is 314 g/mol.